The predicted molar refractivity (Wildman–Crippen MR) is 67.1 cm³/mol. The summed E-state index contributed by atoms with van der Waals surface area (Å²) in [5, 5.41) is 9.85. The third-order valence-electron chi connectivity index (χ3n) is 2.10. The van der Waals surface area contributed by atoms with Crippen LogP contribution in [0.15, 0.2) is 23.9 Å². The second-order valence-electron chi connectivity index (χ2n) is 5.95. The highest BCUT2D eigenvalue weighted by molar-refractivity contribution is 6.80. The van der Waals surface area contributed by atoms with Crippen molar-refractivity contribution in [1.82, 2.24) is 0 Å². The van der Waals surface area contributed by atoms with Gasteiger partial charge in [0.25, 0.3) is 0 Å². The van der Waals surface area contributed by atoms with Gasteiger partial charge in [-0.25, -0.2) is 0 Å². The molecule has 0 aromatic heterocycles. The molecule has 1 nitrogen and oxygen atoms in total. The highest BCUT2D eigenvalue weighted by Crippen LogP contribution is 2.26. The van der Waals surface area contributed by atoms with Crippen molar-refractivity contribution in [3.8, 4) is 0 Å². The third kappa shape index (κ3) is 5.40. The van der Waals surface area contributed by atoms with E-state index in [2.05, 4.69) is 52.7 Å². The van der Waals surface area contributed by atoms with Crippen molar-refractivity contribution >= 4 is 8.07 Å². The van der Waals surface area contributed by atoms with Gasteiger partial charge in [0.05, 0.1) is 14.2 Å². The second kappa shape index (κ2) is 4.45. The topological polar surface area (TPSA) is 20.2 Å². The first kappa shape index (κ1) is 13.7. The highest BCUT2D eigenvalue weighted by atomic mass is 28.3. The summed E-state index contributed by atoms with van der Waals surface area (Å²) in [6.07, 6.45) is 1.39. The van der Waals surface area contributed by atoms with E-state index in [1.54, 1.807) is 0 Å². The van der Waals surface area contributed by atoms with E-state index < -0.39 is 14.2 Å². The monoisotopic (exact) mass is 212 g/mol. The molecule has 0 radical (unpaired) electrons. The van der Waals surface area contributed by atoms with Crippen molar-refractivity contribution in [2.45, 2.75) is 46.5 Å². The Bertz CT molecular complexity index is 228. The normalized spacial score (nSPS) is 15.9. The lowest BCUT2D eigenvalue weighted by Gasteiger charge is -2.25. The number of rotatable bonds is 3. The van der Waals surface area contributed by atoms with E-state index in [1.165, 1.54) is 0 Å². The SMILES string of the molecule is C=C(C(O)C=C[Si](C)(C)C)C(C)(C)C. The highest BCUT2D eigenvalue weighted by Gasteiger charge is 2.20. The summed E-state index contributed by atoms with van der Waals surface area (Å²) < 4.78 is 0. The lowest BCUT2D eigenvalue weighted by molar-refractivity contribution is 0.230. The van der Waals surface area contributed by atoms with Gasteiger partial charge in [0.15, 0.2) is 0 Å². The van der Waals surface area contributed by atoms with Gasteiger partial charge in [-0.2, -0.15) is 0 Å². The van der Waals surface area contributed by atoms with Crippen LogP contribution in [0.2, 0.25) is 19.6 Å². The summed E-state index contributed by atoms with van der Waals surface area (Å²) in [4.78, 5) is 0. The molecule has 1 N–H and O–H groups in total. The quantitative estimate of drug-likeness (QED) is 0.562. The minimum absolute atomic E-state index is 0.0246. The van der Waals surface area contributed by atoms with Crippen LogP contribution in [-0.2, 0) is 0 Å². The van der Waals surface area contributed by atoms with Crippen LogP contribution < -0.4 is 0 Å². The summed E-state index contributed by atoms with van der Waals surface area (Å²) in [5.41, 5.74) is 3.02. The summed E-state index contributed by atoms with van der Waals surface area (Å²) in [5.74, 6) is 0. The van der Waals surface area contributed by atoms with Crippen molar-refractivity contribution < 1.29 is 5.11 Å². The molecule has 0 rings (SSSR count). The molecule has 2 heteroatoms. The van der Waals surface area contributed by atoms with E-state index in [4.69, 9.17) is 0 Å². The Morgan fingerprint density at radius 2 is 1.71 bits per heavy atom. The summed E-state index contributed by atoms with van der Waals surface area (Å²) in [6.45, 7) is 16.9. The van der Waals surface area contributed by atoms with Gasteiger partial charge in [0, 0.05) is 0 Å². The van der Waals surface area contributed by atoms with Gasteiger partial charge in [-0.05, 0) is 11.0 Å². The Morgan fingerprint density at radius 3 is 2.00 bits per heavy atom. The Labute approximate surface area is 89.5 Å². The summed E-state index contributed by atoms with van der Waals surface area (Å²) in [7, 11) is -1.21. The molecule has 1 unspecified atom stereocenters. The Balaban J connectivity index is 4.45. The van der Waals surface area contributed by atoms with Gasteiger partial charge in [-0.3, -0.25) is 0 Å². The molecule has 0 heterocycles. The van der Waals surface area contributed by atoms with Gasteiger partial charge < -0.3 is 5.11 Å². The van der Waals surface area contributed by atoms with Gasteiger partial charge in [0.2, 0.25) is 0 Å². The Morgan fingerprint density at radius 1 is 1.29 bits per heavy atom. The first-order chi connectivity index (χ1) is 6.04. The van der Waals surface area contributed by atoms with Crippen molar-refractivity contribution in [3.05, 3.63) is 23.9 Å². The molecule has 82 valence electrons. The molecule has 0 aromatic rings. The van der Waals surface area contributed by atoms with Gasteiger partial charge in [-0.1, -0.05) is 58.8 Å². The molecular weight excluding hydrogens is 188 g/mol. The van der Waals surface area contributed by atoms with Crippen LogP contribution >= 0.6 is 0 Å². The van der Waals surface area contributed by atoms with Crippen LogP contribution in [0.4, 0.5) is 0 Å². The molecule has 0 saturated carbocycles. The average Bonchev–Trinajstić information content (AvgIpc) is 1.95. The molecule has 0 spiro atoms. The number of aliphatic hydroxyl groups is 1. The smallest absolute Gasteiger partial charge is 0.0930 e. The van der Waals surface area contributed by atoms with Gasteiger partial charge >= 0.3 is 0 Å². The van der Waals surface area contributed by atoms with E-state index in [0.29, 0.717) is 0 Å². The second-order valence-corrected chi connectivity index (χ2v) is 11.0. The number of hydrogen-bond acceptors (Lipinski definition) is 1. The molecule has 0 aliphatic heterocycles. The van der Waals surface area contributed by atoms with Crippen molar-refractivity contribution in [2.75, 3.05) is 0 Å². The van der Waals surface area contributed by atoms with E-state index in [1.807, 2.05) is 6.08 Å². The molecule has 0 saturated heterocycles. The zero-order valence-corrected chi connectivity index (χ0v) is 11.4. The van der Waals surface area contributed by atoms with Crippen LogP contribution in [0.5, 0.6) is 0 Å². The lowest BCUT2D eigenvalue weighted by atomic mass is 9.84. The molecule has 0 amide bonds. The standard InChI is InChI=1S/C12H24OSi/c1-10(12(2,3)4)11(13)8-9-14(5,6)7/h8-9,11,13H,1H2,2-7H3. The summed E-state index contributed by atoms with van der Waals surface area (Å²) >= 11 is 0. The number of hydrogen-bond donors (Lipinski definition) is 1. The van der Waals surface area contributed by atoms with E-state index in [0.717, 1.165) is 5.57 Å². The zero-order valence-electron chi connectivity index (χ0n) is 10.4. The van der Waals surface area contributed by atoms with E-state index >= 15 is 0 Å². The summed E-state index contributed by atoms with van der Waals surface area (Å²) in [6, 6.07) is 0. The molecule has 0 bridgehead atoms. The van der Waals surface area contributed by atoms with E-state index in [9.17, 15) is 5.11 Å². The van der Waals surface area contributed by atoms with Crippen LogP contribution in [0.3, 0.4) is 0 Å². The maximum Gasteiger partial charge on any atom is 0.0930 e. The first-order valence-electron chi connectivity index (χ1n) is 5.11. The first-order valence-corrected chi connectivity index (χ1v) is 8.68. The molecule has 0 aliphatic rings. The number of aliphatic hydroxyl groups excluding tert-OH is 1. The van der Waals surface area contributed by atoms with Crippen LogP contribution in [0.25, 0.3) is 0 Å². The average molecular weight is 212 g/mol. The van der Waals surface area contributed by atoms with Crippen LogP contribution in [-0.4, -0.2) is 19.3 Å². The predicted octanol–water partition coefficient (Wildman–Crippen LogP) is 3.38. The molecule has 0 fully saturated rings. The van der Waals surface area contributed by atoms with Crippen LogP contribution in [0, 0.1) is 5.41 Å². The largest absolute Gasteiger partial charge is 0.385 e. The van der Waals surface area contributed by atoms with Crippen LogP contribution in [0.1, 0.15) is 20.8 Å². The molecule has 14 heavy (non-hydrogen) atoms. The van der Waals surface area contributed by atoms with Gasteiger partial charge in [0.1, 0.15) is 0 Å². The van der Waals surface area contributed by atoms with Gasteiger partial charge in [-0.15, -0.1) is 0 Å². The molecule has 0 aliphatic carbocycles. The van der Waals surface area contributed by atoms with E-state index in [-0.39, 0.29) is 5.41 Å². The maximum absolute atomic E-state index is 9.85. The lowest BCUT2D eigenvalue weighted by Crippen LogP contribution is -2.22. The molecule has 0 aromatic carbocycles. The fraction of sp³-hybridized carbons (Fsp3) is 0.667. The minimum atomic E-state index is -1.21. The molecular formula is C12H24OSi. The maximum atomic E-state index is 9.85. The molecule has 1 atom stereocenters. The fourth-order valence-electron chi connectivity index (χ4n) is 0.940. The van der Waals surface area contributed by atoms with Crippen molar-refractivity contribution in [2.24, 2.45) is 5.41 Å². The zero-order chi connectivity index (χ0) is 11.6. The minimum Gasteiger partial charge on any atom is -0.385 e. The van der Waals surface area contributed by atoms with Crippen molar-refractivity contribution in [1.29, 1.82) is 0 Å². The Kier molecular flexibility index (Phi) is 4.34. The van der Waals surface area contributed by atoms with Crippen molar-refractivity contribution in [3.63, 3.8) is 0 Å². The fourth-order valence-corrected chi connectivity index (χ4v) is 1.70. The third-order valence-corrected chi connectivity index (χ3v) is 3.29. The Hall–Kier alpha value is -0.343.